The van der Waals surface area contributed by atoms with Crippen molar-refractivity contribution in [3.05, 3.63) is 71.7 Å². The lowest BCUT2D eigenvalue weighted by atomic mass is 9.95. The van der Waals surface area contributed by atoms with E-state index >= 15 is 0 Å². The number of hydrogen-bond acceptors (Lipinski definition) is 0. The van der Waals surface area contributed by atoms with Gasteiger partial charge in [0.25, 0.3) is 0 Å². The van der Waals surface area contributed by atoms with Crippen molar-refractivity contribution in [1.82, 2.24) is 4.40 Å². The van der Waals surface area contributed by atoms with Crippen molar-refractivity contribution in [3.63, 3.8) is 0 Å². The average molecular weight is 353 g/mol. The van der Waals surface area contributed by atoms with E-state index in [-0.39, 0.29) is 5.82 Å². The number of halogens is 1. The number of hydrogen-bond donors (Lipinski definition) is 0. The molecule has 0 aliphatic rings. The molecule has 0 aliphatic heterocycles. The normalized spacial score (nSPS) is 12.4. The molecule has 3 aromatic carbocycles. The number of rotatable bonds is 0. The molecule has 3 heteroatoms. The highest BCUT2D eigenvalue weighted by molar-refractivity contribution is 6.25. The van der Waals surface area contributed by atoms with Gasteiger partial charge >= 0.3 is 0 Å². The maximum Gasteiger partial charge on any atom is 0.238 e. The molecule has 0 N–H and O–H groups in total. The van der Waals surface area contributed by atoms with E-state index in [0.29, 0.717) is 0 Å². The molecule has 3 aromatic heterocycles. The van der Waals surface area contributed by atoms with E-state index in [2.05, 4.69) is 66.4 Å². The van der Waals surface area contributed by atoms with Gasteiger partial charge in [-0.05, 0) is 54.6 Å². The van der Waals surface area contributed by atoms with Crippen LogP contribution in [0.1, 0.15) is 11.1 Å². The van der Waals surface area contributed by atoms with Crippen molar-refractivity contribution in [2.75, 3.05) is 0 Å². The standard InChI is InChI=1S/C24H18FN2/c1-13-11-14(2)21-22-16(13)5-4-6-20(22)27-19-8-7-15(25)12-18(19)17-9-10-26(3)24(21)23(17)27/h4-12H,1-3H3/q+1. The fourth-order valence-electron chi connectivity index (χ4n) is 4.96. The lowest BCUT2D eigenvalue weighted by Crippen LogP contribution is -2.29. The van der Waals surface area contributed by atoms with Crippen molar-refractivity contribution in [2.24, 2.45) is 7.05 Å². The average Bonchev–Trinajstić information content (AvgIpc) is 2.97. The molecule has 2 nitrogen and oxygen atoms in total. The highest BCUT2D eigenvalue weighted by atomic mass is 19.1. The first-order chi connectivity index (χ1) is 13.1. The molecular weight excluding hydrogens is 335 g/mol. The third kappa shape index (κ3) is 1.67. The molecule has 0 atom stereocenters. The molecule has 0 bridgehead atoms. The zero-order chi connectivity index (χ0) is 18.4. The second-order valence-corrected chi connectivity index (χ2v) is 7.62. The Bertz CT molecular complexity index is 1560. The van der Waals surface area contributed by atoms with Crippen LogP contribution in [-0.2, 0) is 7.05 Å². The Morgan fingerprint density at radius 2 is 1.67 bits per heavy atom. The van der Waals surface area contributed by atoms with Gasteiger partial charge in [-0.3, -0.25) is 0 Å². The number of benzene rings is 3. The minimum absolute atomic E-state index is 0.196. The smallest absolute Gasteiger partial charge is 0.238 e. The third-order valence-corrected chi connectivity index (χ3v) is 6.03. The fraction of sp³-hybridized carbons (Fsp3) is 0.125. The van der Waals surface area contributed by atoms with Crippen LogP contribution in [0.15, 0.2) is 54.7 Å². The Morgan fingerprint density at radius 1 is 0.815 bits per heavy atom. The molecular formula is C24H18FN2+. The van der Waals surface area contributed by atoms with Gasteiger partial charge in [-0.2, -0.15) is 4.57 Å². The number of nitrogens with zero attached hydrogens (tertiary/aromatic N) is 2. The molecule has 6 rings (SSSR count). The van der Waals surface area contributed by atoms with Gasteiger partial charge in [-0.1, -0.05) is 18.2 Å². The van der Waals surface area contributed by atoms with Crippen LogP contribution in [0, 0.1) is 19.7 Å². The predicted octanol–water partition coefficient (Wildman–Crippen LogP) is 5.57. The van der Waals surface area contributed by atoms with E-state index in [9.17, 15) is 4.39 Å². The zero-order valence-corrected chi connectivity index (χ0v) is 15.5. The number of aromatic nitrogens is 2. The van der Waals surface area contributed by atoms with Gasteiger partial charge in [0.05, 0.1) is 16.4 Å². The lowest BCUT2D eigenvalue weighted by molar-refractivity contribution is -0.644. The summed E-state index contributed by atoms with van der Waals surface area (Å²) in [7, 11) is 2.09. The predicted molar refractivity (Wildman–Crippen MR) is 109 cm³/mol. The molecule has 0 unspecified atom stereocenters. The van der Waals surface area contributed by atoms with E-state index in [1.54, 1.807) is 12.1 Å². The van der Waals surface area contributed by atoms with Crippen LogP contribution in [0.3, 0.4) is 0 Å². The molecule has 3 heterocycles. The van der Waals surface area contributed by atoms with Crippen LogP contribution in [0.4, 0.5) is 4.39 Å². The Hall–Kier alpha value is -3.20. The molecule has 27 heavy (non-hydrogen) atoms. The summed E-state index contributed by atoms with van der Waals surface area (Å²) in [6, 6.07) is 16.0. The summed E-state index contributed by atoms with van der Waals surface area (Å²) in [6.07, 6.45) is 2.09. The first-order valence-electron chi connectivity index (χ1n) is 9.22. The summed E-state index contributed by atoms with van der Waals surface area (Å²) >= 11 is 0. The Balaban J connectivity index is 2.14. The maximum absolute atomic E-state index is 14.1. The topological polar surface area (TPSA) is 8.29 Å². The third-order valence-electron chi connectivity index (χ3n) is 6.03. The van der Waals surface area contributed by atoms with Gasteiger partial charge in [-0.15, -0.1) is 0 Å². The molecule has 0 radical (unpaired) electrons. The molecule has 0 saturated carbocycles. The lowest BCUT2D eigenvalue weighted by Gasteiger charge is -2.14. The number of pyridine rings is 2. The number of aryl methyl sites for hydroxylation is 3. The molecule has 6 aromatic rings. The Morgan fingerprint density at radius 3 is 2.52 bits per heavy atom. The maximum atomic E-state index is 14.1. The Kier molecular flexibility index (Phi) is 2.62. The Labute approximate surface area is 155 Å². The highest BCUT2D eigenvalue weighted by Crippen LogP contribution is 2.40. The van der Waals surface area contributed by atoms with Gasteiger partial charge in [-0.25, -0.2) is 4.39 Å². The largest absolute Gasteiger partial charge is 0.303 e. The van der Waals surface area contributed by atoms with E-state index in [1.807, 2.05) is 6.07 Å². The van der Waals surface area contributed by atoms with Crippen LogP contribution in [0.5, 0.6) is 0 Å². The van der Waals surface area contributed by atoms with Crippen molar-refractivity contribution >= 4 is 49.0 Å². The minimum atomic E-state index is -0.196. The van der Waals surface area contributed by atoms with Crippen LogP contribution in [0.25, 0.3) is 49.0 Å². The van der Waals surface area contributed by atoms with Gasteiger partial charge < -0.3 is 4.40 Å². The highest BCUT2D eigenvalue weighted by Gasteiger charge is 2.24. The minimum Gasteiger partial charge on any atom is -0.303 e. The first kappa shape index (κ1) is 14.9. The molecule has 0 spiro atoms. The summed E-state index contributed by atoms with van der Waals surface area (Å²) in [5.41, 5.74) is 7.15. The summed E-state index contributed by atoms with van der Waals surface area (Å²) in [5.74, 6) is -0.196. The quantitative estimate of drug-likeness (QED) is 0.192. The van der Waals surface area contributed by atoms with Gasteiger partial charge in [0, 0.05) is 22.2 Å². The molecule has 0 amide bonds. The van der Waals surface area contributed by atoms with Gasteiger partial charge in [0.15, 0.2) is 6.20 Å². The van der Waals surface area contributed by atoms with Crippen molar-refractivity contribution in [3.8, 4) is 0 Å². The van der Waals surface area contributed by atoms with E-state index < -0.39 is 0 Å². The zero-order valence-electron chi connectivity index (χ0n) is 15.5. The first-order valence-corrected chi connectivity index (χ1v) is 9.22. The van der Waals surface area contributed by atoms with Gasteiger partial charge in [0.2, 0.25) is 5.52 Å². The van der Waals surface area contributed by atoms with Crippen LogP contribution >= 0.6 is 0 Å². The van der Waals surface area contributed by atoms with Crippen LogP contribution in [0.2, 0.25) is 0 Å². The monoisotopic (exact) mass is 353 g/mol. The second-order valence-electron chi connectivity index (χ2n) is 7.62. The van der Waals surface area contributed by atoms with Gasteiger partial charge in [0.1, 0.15) is 18.4 Å². The molecule has 130 valence electrons. The number of fused-ring (bicyclic) bond motifs is 5. The summed E-state index contributed by atoms with van der Waals surface area (Å²) in [4.78, 5) is 0. The SMILES string of the molecule is Cc1cc(C)c2c3c1cccc3n1c3ccc(F)cc3c3cc[n+](C)c2c31. The van der Waals surface area contributed by atoms with Crippen molar-refractivity contribution in [1.29, 1.82) is 0 Å². The van der Waals surface area contributed by atoms with Crippen LogP contribution in [-0.4, -0.2) is 4.40 Å². The fourth-order valence-corrected chi connectivity index (χ4v) is 4.96. The van der Waals surface area contributed by atoms with E-state index in [4.69, 9.17) is 0 Å². The summed E-state index contributed by atoms with van der Waals surface area (Å²) < 4.78 is 18.6. The second kappa shape index (κ2) is 4.74. The van der Waals surface area contributed by atoms with E-state index in [1.165, 1.54) is 38.3 Å². The molecule has 0 aliphatic carbocycles. The van der Waals surface area contributed by atoms with E-state index in [0.717, 1.165) is 21.8 Å². The van der Waals surface area contributed by atoms with Crippen molar-refractivity contribution in [2.45, 2.75) is 13.8 Å². The van der Waals surface area contributed by atoms with Crippen LogP contribution < -0.4 is 4.57 Å². The molecule has 0 fully saturated rings. The van der Waals surface area contributed by atoms with Crippen molar-refractivity contribution < 1.29 is 8.96 Å². The summed E-state index contributed by atoms with van der Waals surface area (Å²) in [6.45, 7) is 4.37. The molecule has 0 saturated heterocycles. The summed E-state index contributed by atoms with van der Waals surface area (Å²) in [5, 5.41) is 5.91.